The molecule has 0 spiro atoms. The van der Waals surface area contributed by atoms with Gasteiger partial charge in [-0.3, -0.25) is 14.4 Å². The smallest absolute Gasteiger partial charge is 0.326 e. The number of thiol groups is 1. The summed E-state index contributed by atoms with van der Waals surface area (Å²) < 4.78 is 0. The molecule has 0 saturated heterocycles. The van der Waals surface area contributed by atoms with Crippen molar-refractivity contribution in [1.82, 2.24) is 16.0 Å². The first-order valence-electron chi connectivity index (χ1n) is 12.5. The van der Waals surface area contributed by atoms with E-state index in [2.05, 4.69) is 28.6 Å². The number of carboxylic acid groups (broad SMARTS) is 1. The van der Waals surface area contributed by atoms with Crippen LogP contribution in [0.1, 0.15) is 31.4 Å². The van der Waals surface area contributed by atoms with Gasteiger partial charge in [-0.2, -0.15) is 12.6 Å². The number of aliphatic carboxylic acids is 1. The molecule has 2 aromatic rings. The van der Waals surface area contributed by atoms with Crippen LogP contribution in [0, 0.1) is 5.92 Å². The highest BCUT2D eigenvalue weighted by Crippen LogP contribution is 2.13. The van der Waals surface area contributed by atoms with Gasteiger partial charge in [-0.25, -0.2) is 4.79 Å². The number of aromatic hydroxyl groups is 2. The van der Waals surface area contributed by atoms with E-state index in [4.69, 9.17) is 5.73 Å². The van der Waals surface area contributed by atoms with E-state index in [-0.39, 0.29) is 42.4 Å². The largest absolute Gasteiger partial charge is 0.508 e. The summed E-state index contributed by atoms with van der Waals surface area (Å²) in [4.78, 5) is 50.5. The van der Waals surface area contributed by atoms with Crippen molar-refractivity contribution in [2.45, 2.75) is 57.3 Å². The third-order valence-electron chi connectivity index (χ3n) is 5.88. The van der Waals surface area contributed by atoms with Crippen molar-refractivity contribution < 1.29 is 34.5 Å². The summed E-state index contributed by atoms with van der Waals surface area (Å²) in [6, 6.07) is 7.74. The van der Waals surface area contributed by atoms with Crippen molar-refractivity contribution in [3.63, 3.8) is 0 Å². The van der Waals surface area contributed by atoms with E-state index >= 15 is 0 Å². The molecule has 8 N–H and O–H groups in total. The van der Waals surface area contributed by atoms with E-state index < -0.39 is 47.9 Å². The Morgan fingerprint density at radius 2 is 1.18 bits per heavy atom. The van der Waals surface area contributed by atoms with Gasteiger partial charge in [-0.05, 0) is 54.2 Å². The third-order valence-corrected chi connectivity index (χ3v) is 6.24. The van der Waals surface area contributed by atoms with Crippen LogP contribution in [-0.2, 0) is 32.0 Å². The van der Waals surface area contributed by atoms with Gasteiger partial charge in [0.25, 0.3) is 0 Å². The van der Waals surface area contributed by atoms with Gasteiger partial charge in [0.1, 0.15) is 29.6 Å². The standard InChI is InChI=1S/C27H36N4O7S/c1-15(2)11-21(29-24(34)20(28)12-16-3-7-18(32)8-4-16)25(35)31-23(14-39)26(36)30-22(27(37)38)13-17-5-9-19(33)10-6-17/h3-10,15,20-23,32-33,39H,11-14,28H2,1-2H3,(H,29,34)(H,30,36)(H,31,35)(H,37,38). The highest BCUT2D eigenvalue weighted by atomic mass is 32.1. The average molecular weight is 561 g/mol. The van der Waals surface area contributed by atoms with Gasteiger partial charge in [0, 0.05) is 12.2 Å². The Balaban J connectivity index is 2.04. The van der Waals surface area contributed by atoms with Crippen molar-refractivity contribution in [1.29, 1.82) is 0 Å². The molecule has 0 fully saturated rings. The maximum atomic E-state index is 13.1. The number of phenolic OH excluding ortho intramolecular Hbond substituents is 2. The van der Waals surface area contributed by atoms with Crippen LogP contribution in [0.5, 0.6) is 11.5 Å². The molecule has 39 heavy (non-hydrogen) atoms. The topological polar surface area (TPSA) is 191 Å². The summed E-state index contributed by atoms with van der Waals surface area (Å²) in [6.45, 7) is 3.73. The molecule has 0 saturated carbocycles. The third kappa shape index (κ3) is 10.5. The van der Waals surface area contributed by atoms with Crippen LogP contribution >= 0.6 is 12.6 Å². The van der Waals surface area contributed by atoms with E-state index in [9.17, 15) is 34.5 Å². The molecular formula is C27H36N4O7S. The molecule has 212 valence electrons. The predicted molar refractivity (Wildman–Crippen MR) is 148 cm³/mol. The Hall–Kier alpha value is -3.77. The number of hydrogen-bond donors (Lipinski definition) is 8. The zero-order chi connectivity index (χ0) is 29.1. The quantitative estimate of drug-likeness (QED) is 0.155. The van der Waals surface area contributed by atoms with Crippen LogP contribution in [0.25, 0.3) is 0 Å². The lowest BCUT2D eigenvalue weighted by molar-refractivity contribution is -0.142. The Bertz CT molecular complexity index is 1130. The zero-order valence-corrected chi connectivity index (χ0v) is 22.7. The van der Waals surface area contributed by atoms with Crippen LogP contribution in [0.4, 0.5) is 0 Å². The minimum atomic E-state index is -1.29. The first-order chi connectivity index (χ1) is 18.4. The second-order valence-electron chi connectivity index (χ2n) is 9.68. The monoisotopic (exact) mass is 560 g/mol. The maximum absolute atomic E-state index is 13.1. The highest BCUT2D eigenvalue weighted by molar-refractivity contribution is 7.80. The molecule has 0 aliphatic rings. The molecule has 0 radical (unpaired) electrons. The fraction of sp³-hybridized carbons (Fsp3) is 0.407. The Morgan fingerprint density at radius 3 is 1.64 bits per heavy atom. The number of hydrogen-bond acceptors (Lipinski definition) is 8. The van der Waals surface area contributed by atoms with Gasteiger partial charge >= 0.3 is 5.97 Å². The second kappa shape index (κ2) is 15.0. The van der Waals surface area contributed by atoms with Crippen LogP contribution in [0.2, 0.25) is 0 Å². The molecule has 0 bridgehead atoms. The number of phenols is 2. The number of carbonyl (C=O) groups excluding carboxylic acids is 3. The molecule has 0 heterocycles. The molecule has 0 aliphatic carbocycles. The van der Waals surface area contributed by atoms with E-state index in [1.165, 1.54) is 24.3 Å². The van der Waals surface area contributed by atoms with Crippen molar-refractivity contribution in [3.05, 3.63) is 59.7 Å². The Labute approximate surface area is 232 Å². The number of carbonyl (C=O) groups is 4. The first-order valence-corrected chi connectivity index (χ1v) is 13.1. The minimum absolute atomic E-state index is 0.0133. The average Bonchev–Trinajstić information content (AvgIpc) is 2.88. The number of rotatable bonds is 14. The predicted octanol–water partition coefficient (Wildman–Crippen LogP) is 0.725. The second-order valence-corrected chi connectivity index (χ2v) is 10.0. The van der Waals surface area contributed by atoms with Gasteiger partial charge in [-0.1, -0.05) is 38.1 Å². The SMILES string of the molecule is CC(C)CC(NC(=O)C(N)Cc1ccc(O)cc1)C(=O)NC(CS)C(=O)NC(Cc1ccc(O)cc1)C(=O)O. The fourth-order valence-corrected chi connectivity index (χ4v) is 4.02. The maximum Gasteiger partial charge on any atom is 0.326 e. The van der Waals surface area contributed by atoms with E-state index in [0.717, 1.165) is 5.56 Å². The van der Waals surface area contributed by atoms with Crippen LogP contribution in [0.15, 0.2) is 48.5 Å². The van der Waals surface area contributed by atoms with E-state index in [1.54, 1.807) is 24.3 Å². The summed E-state index contributed by atoms with van der Waals surface area (Å²) in [5.74, 6) is -3.20. The van der Waals surface area contributed by atoms with Crippen LogP contribution in [-0.4, -0.2) is 68.9 Å². The summed E-state index contributed by atoms with van der Waals surface area (Å²) in [5.41, 5.74) is 7.35. The lowest BCUT2D eigenvalue weighted by Gasteiger charge is -2.25. The van der Waals surface area contributed by atoms with Gasteiger partial charge in [0.05, 0.1) is 6.04 Å². The molecule has 2 aromatic carbocycles. The summed E-state index contributed by atoms with van der Waals surface area (Å²) in [6.07, 6.45) is 0.407. The molecule has 11 nitrogen and oxygen atoms in total. The molecular weight excluding hydrogens is 524 g/mol. The molecule has 2 rings (SSSR count). The number of benzene rings is 2. The van der Waals surface area contributed by atoms with Gasteiger partial charge < -0.3 is 37.0 Å². The first kappa shape index (κ1) is 31.4. The van der Waals surface area contributed by atoms with Gasteiger partial charge in [0.15, 0.2) is 0 Å². The van der Waals surface area contributed by atoms with E-state index in [1.807, 2.05) is 13.8 Å². The highest BCUT2D eigenvalue weighted by Gasteiger charge is 2.30. The number of nitrogens with one attached hydrogen (secondary N) is 3. The molecule has 4 atom stereocenters. The fourth-order valence-electron chi connectivity index (χ4n) is 3.77. The lowest BCUT2D eigenvalue weighted by Crippen LogP contribution is -2.58. The lowest BCUT2D eigenvalue weighted by atomic mass is 10.0. The number of amides is 3. The molecule has 0 aliphatic heterocycles. The minimum Gasteiger partial charge on any atom is -0.508 e. The molecule has 0 aromatic heterocycles. The van der Waals surface area contributed by atoms with Gasteiger partial charge in [0.2, 0.25) is 17.7 Å². The summed E-state index contributed by atoms with van der Waals surface area (Å²) in [5, 5.41) is 36.0. The van der Waals surface area contributed by atoms with Crippen LogP contribution < -0.4 is 21.7 Å². The van der Waals surface area contributed by atoms with Crippen molar-refractivity contribution in [2.75, 3.05) is 5.75 Å². The zero-order valence-electron chi connectivity index (χ0n) is 21.8. The van der Waals surface area contributed by atoms with Crippen molar-refractivity contribution in [3.8, 4) is 11.5 Å². The van der Waals surface area contributed by atoms with E-state index in [0.29, 0.717) is 5.56 Å². The summed E-state index contributed by atoms with van der Waals surface area (Å²) in [7, 11) is 0. The molecule has 12 heteroatoms. The Morgan fingerprint density at radius 1 is 0.744 bits per heavy atom. The number of carboxylic acids is 1. The molecule has 3 amide bonds. The molecule has 4 unspecified atom stereocenters. The van der Waals surface area contributed by atoms with Crippen molar-refractivity contribution in [2.24, 2.45) is 11.7 Å². The van der Waals surface area contributed by atoms with Gasteiger partial charge in [-0.15, -0.1) is 0 Å². The summed E-state index contributed by atoms with van der Waals surface area (Å²) >= 11 is 4.14. The Kier molecular flexibility index (Phi) is 12.1. The normalized spacial score (nSPS) is 14.1. The van der Waals surface area contributed by atoms with Crippen molar-refractivity contribution >= 4 is 36.3 Å². The van der Waals surface area contributed by atoms with Crippen LogP contribution in [0.3, 0.4) is 0 Å². The number of nitrogens with two attached hydrogens (primary N) is 1.